The second-order valence-electron chi connectivity index (χ2n) is 3.60. The van der Waals surface area contributed by atoms with Gasteiger partial charge < -0.3 is 10.3 Å². The lowest BCUT2D eigenvalue weighted by Crippen LogP contribution is -2.16. The highest BCUT2D eigenvalue weighted by Gasteiger charge is 2.19. The van der Waals surface area contributed by atoms with Gasteiger partial charge in [-0.2, -0.15) is 4.98 Å². The van der Waals surface area contributed by atoms with Crippen molar-refractivity contribution in [3.8, 4) is 11.5 Å². The Hall–Kier alpha value is -1.27. The Morgan fingerprint density at radius 2 is 2.27 bits per heavy atom. The molecule has 0 fully saturated rings. The highest BCUT2D eigenvalue weighted by Crippen LogP contribution is 2.21. The van der Waals surface area contributed by atoms with Gasteiger partial charge in [0.15, 0.2) is 0 Å². The predicted octanol–water partition coefficient (Wildman–Crippen LogP) is 1.85. The smallest absolute Gasteiger partial charge is 0.244 e. The summed E-state index contributed by atoms with van der Waals surface area (Å²) in [6.07, 6.45) is 0. The Balaban J connectivity index is 2.25. The van der Waals surface area contributed by atoms with Crippen LogP contribution < -0.4 is 5.73 Å². The summed E-state index contributed by atoms with van der Waals surface area (Å²) in [5.41, 5.74) is 8.35. The minimum absolute atomic E-state index is 0.218. The normalized spacial score (nSPS) is 13.3. The molecule has 0 spiro atoms. The Kier molecular flexibility index (Phi) is 2.79. The molecule has 0 aliphatic rings. The van der Waals surface area contributed by atoms with Crippen LogP contribution in [0.1, 0.15) is 25.8 Å². The molecular weight excluding hydrogens is 212 g/mol. The van der Waals surface area contributed by atoms with Crippen molar-refractivity contribution < 1.29 is 4.52 Å². The Morgan fingerprint density at radius 1 is 1.47 bits per heavy atom. The third-order valence-electron chi connectivity index (χ3n) is 2.11. The summed E-state index contributed by atoms with van der Waals surface area (Å²) in [5, 5.41) is 5.71. The lowest BCUT2D eigenvalue weighted by atomic mass is 10.1. The number of thiazole rings is 1. The van der Waals surface area contributed by atoms with E-state index in [4.69, 9.17) is 10.3 Å². The van der Waals surface area contributed by atoms with Gasteiger partial charge in [0, 0.05) is 5.38 Å². The first-order chi connectivity index (χ1) is 7.18. The van der Waals surface area contributed by atoms with E-state index in [2.05, 4.69) is 15.1 Å². The van der Waals surface area contributed by atoms with E-state index in [0.717, 1.165) is 5.69 Å². The van der Waals surface area contributed by atoms with E-state index in [-0.39, 0.29) is 12.0 Å². The van der Waals surface area contributed by atoms with Gasteiger partial charge in [-0.3, -0.25) is 0 Å². The van der Waals surface area contributed by atoms with E-state index in [0.29, 0.717) is 11.7 Å². The van der Waals surface area contributed by atoms with Gasteiger partial charge in [-0.05, 0) is 5.92 Å². The second kappa shape index (κ2) is 4.08. The zero-order chi connectivity index (χ0) is 10.8. The van der Waals surface area contributed by atoms with Crippen LogP contribution in [0.3, 0.4) is 0 Å². The van der Waals surface area contributed by atoms with Crippen LogP contribution in [-0.2, 0) is 0 Å². The van der Waals surface area contributed by atoms with Crippen LogP contribution in [0.4, 0.5) is 0 Å². The van der Waals surface area contributed by atoms with Crippen LogP contribution in [0, 0.1) is 5.92 Å². The van der Waals surface area contributed by atoms with Gasteiger partial charge in [0.05, 0.1) is 11.6 Å². The average molecular weight is 224 g/mol. The molecule has 80 valence electrons. The average Bonchev–Trinajstić information content (AvgIpc) is 2.86. The van der Waals surface area contributed by atoms with Crippen LogP contribution >= 0.6 is 11.3 Å². The van der Waals surface area contributed by atoms with Crippen LogP contribution in [-0.4, -0.2) is 15.1 Å². The Morgan fingerprint density at radius 3 is 2.87 bits per heavy atom. The molecule has 0 aromatic carbocycles. The van der Waals surface area contributed by atoms with Gasteiger partial charge in [-0.1, -0.05) is 19.0 Å². The topological polar surface area (TPSA) is 77.8 Å². The molecule has 0 saturated heterocycles. The van der Waals surface area contributed by atoms with Gasteiger partial charge in [-0.25, -0.2) is 4.98 Å². The predicted molar refractivity (Wildman–Crippen MR) is 57.2 cm³/mol. The van der Waals surface area contributed by atoms with E-state index < -0.39 is 0 Å². The summed E-state index contributed by atoms with van der Waals surface area (Å²) in [4.78, 5) is 8.31. The first kappa shape index (κ1) is 10.3. The lowest BCUT2D eigenvalue weighted by Gasteiger charge is -2.08. The molecule has 0 unspecified atom stereocenters. The molecule has 0 amide bonds. The van der Waals surface area contributed by atoms with Crippen molar-refractivity contribution in [2.45, 2.75) is 19.9 Å². The molecule has 2 rings (SSSR count). The minimum Gasteiger partial charge on any atom is -0.337 e. The standard InChI is InChI=1S/C9H12N4OS/c1-5(2)7(10)9-12-8(13-14-9)6-3-15-4-11-6/h3-5,7H,10H2,1-2H3/t7-/m0/s1. The molecule has 1 atom stereocenters. The maximum atomic E-state index is 5.89. The molecule has 0 radical (unpaired) electrons. The highest BCUT2D eigenvalue weighted by atomic mass is 32.1. The third kappa shape index (κ3) is 2.05. The molecule has 0 bridgehead atoms. The SMILES string of the molecule is CC(C)[C@H](N)c1nc(-c2cscn2)no1. The summed E-state index contributed by atoms with van der Waals surface area (Å²) < 4.78 is 5.09. The van der Waals surface area contributed by atoms with Crippen molar-refractivity contribution in [1.82, 2.24) is 15.1 Å². The fourth-order valence-corrected chi connectivity index (χ4v) is 1.61. The van der Waals surface area contributed by atoms with Gasteiger partial charge in [0.1, 0.15) is 5.69 Å². The molecule has 0 aliphatic carbocycles. The van der Waals surface area contributed by atoms with Crippen molar-refractivity contribution >= 4 is 11.3 Å². The van der Waals surface area contributed by atoms with Gasteiger partial charge in [0.2, 0.25) is 11.7 Å². The molecule has 0 saturated carbocycles. The molecule has 2 aromatic rings. The lowest BCUT2D eigenvalue weighted by molar-refractivity contribution is 0.325. The Labute approximate surface area is 91.3 Å². The number of hydrogen-bond donors (Lipinski definition) is 1. The number of hydrogen-bond acceptors (Lipinski definition) is 6. The number of nitrogens with two attached hydrogens (primary N) is 1. The molecule has 6 heteroatoms. The summed E-state index contributed by atoms with van der Waals surface area (Å²) in [7, 11) is 0. The van der Waals surface area contributed by atoms with Crippen LogP contribution in [0.5, 0.6) is 0 Å². The van der Waals surface area contributed by atoms with Crippen molar-refractivity contribution in [2.75, 3.05) is 0 Å². The van der Waals surface area contributed by atoms with Crippen molar-refractivity contribution in [3.05, 3.63) is 16.8 Å². The van der Waals surface area contributed by atoms with Gasteiger partial charge >= 0.3 is 0 Å². The fraction of sp³-hybridized carbons (Fsp3) is 0.444. The minimum atomic E-state index is -0.218. The van der Waals surface area contributed by atoms with E-state index in [1.165, 1.54) is 11.3 Å². The van der Waals surface area contributed by atoms with Crippen molar-refractivity contribution in [3.63, 3.8) is 0 Å². The molecule has 2 N–H and O–H groups in total. The van der Waals surface area contributed by atoms with E-state index in [1.54, 1.807) is 5.51 Å². The number of rotatable bonds is 3. The van der Waals surface area contributed by atoms with Crippen LogP contribution in [0.2, 0.25) is 0 Å². The molecule has 5 nitrogen and oxygen atoms in total. The zero-order valence-corrected chi connectivity index (χ0v) is 9.36. The van der Waals surface area contributed by atoms with Gasteiger partial charge in [-0.15, -0.1) is 11.3 Å². The monoisotopic (exact) mass is 224 g/mol. The first-order valence-electron chi connectivity index (χ1n) is 4.66. The third-order valence-corrected chi connectivity index (χ3v) is 2.69. The van der Waals surface area contributed by atoms with Crippen LogP contribution in [0.15, 0.2) is 15.4 Å². The maximum Gasteiger partial charge on any atom is 0.244 e. The molecule has 2 heterocycles. The van der Waals surface area contributed by atoms with E-state index in [9.17, 15) is 0 Å². The second-order valence-corrected chi connectivity index (χ2v) is 4.32. The fourth-order valence-electron chi connectivity index (χ4n) is 1.08. The summed E-state index contributed by atoms with van der Waals surface area (Å²) in [5.74, 6) is 1.24. The highest BCUT2D eigenvalue weighted by molar-refractivity contribution is 7.07. The van der Waals surface area contributed by atoms with Gasteiger partial charge in [0.25, 0.3) is 0 Å². The Bertz CT molecular complexity index is 423. The zero-order valence-electron chi connectivity index (χ0n) is 8.54. The molecule has 15 heavy (non-hydrogen) atoms. The largest absolute Gasteiger partial charge is 0.337 e. The molecule has 0 aliphatic heterocycles. The molecule has 2 aromatic heterocycles. The number of aromatic nitrogens is 3. The maximum absolute atomic E-state index is 5.89. The summed E-state index contributed by atoms with van der Waals surface area (Å²) in [6.45, 7) is 4.02. The number of nitrogens with zero attached hydrogens (tertiary/aromatic N) is 3. The first-order valence-corrected chi connectivity index (χ1v) is 5.60. The molecular formula is C9H12N4OS. The van der Waals surface area contributed by atoms with Crippen molar-refractivity contribution in [2.24, 2.45) is 11.7 Å². The van der Waals surface area contributed by atoms with Crippen molar-refractivity contribution in [1.29, 1.82) is 0 Å². The summed E-state index contributed by atoms with van der Waals surface area (Å²) >= 11 is 1.49. The quantitative estimate of drug-likeness (QED) is 0.860. The summed E-state index contributed by atoms with van der Waals surface area (Å²) in [6, 6.07) is -0.218. The van der Waals surface area contributed by atoms with E-state index in [1.807, 2.05) is 19.2 Å². The van der Waals surface area contributed by atoms with Crippen LogP contribution in [0.25, 0.3) is 11.5 Å². The van der Waals surface area contributed by atoms with E-state index >= 15 is 0 Å².